The van der Waals surface area contributed by atoms with Crippen LogP contribution < -0.4 is 0 Å². The van der Waals surface area contributed by atoms with E-state index in [1.165, 1.54) is 25.0 Å². The number of amides is 1. The van der Waals surface area contributed by atoms with Crippen LogP contribution in [-0.4, -0.2) is 36.1 Å². The molecule has 0 bridgehead atoms. The van der Waals surface area contributed by atoms with E-state index in [1.54, 1.807) is 12.1 Å². The number of rotatable bonds is 2. The van der Waals surface area contributed by atoms with Crippen LogP contribution in [0, 0.1) is 5.82 Å². The van der Waals surface area contributed by atoms with E-state index in [4.69, 9.17) is 4.74 Å². The SMILES string of the molecule is O=C(Cc1ccc(F)cc1)N1CCO[C@@H]2CCCC[C@H]21. The van der Waals surface area contributed by atoms with Gasteiger partial charge in [0.25, 0.3) is 0 Å². The first-order valence-electron chi connectivity index (χ1n) is 7.39. The van der Waals surface area contributed by atoms with Crippen molar-refractivity contribution in [2.24, 2.45) is 0 Å². The molecule has 1 saturated heterocycles. The van der Waals surface area contributed by atoms with Gasteiger partial charge in [0.1, 0.15) is 5.82 Å². The van der Waals surface area contributed by atoms with Gasteiger partial charge in [-0.15, -0.1) is 0 Å². The fraction of sp³-hybridized carbons (Fsp3) is 0.562. The van der Waals surface area contributed by atoms with E-state index in [9.17, 15) is 9.18 Å². The standard InChI is InChI=1S/C16H20FNO2/c17-13-7-5-12(6-8-13)11-16(19)18-9-10-20-15-4-2-1-3-14(15)18/h5-8,14-15H,1-4,9-11H2/t14-,15-/m1/s1. The number of nitrogens with zero attached hydrogens (tertiary/aromatic N) is 1. The number of hydrogen-bond donors (Lipinski definition) is 0. The zero-order chi connectivity index (χ0) is 13.9. The van der Waals surface area contributed by atoms with Crippen LogP contribution in [0.15, 0.2) is 24.3 Å². The minimum absolute atomic E-state index is 0.136. The van der Waals surface area contributed by atoms with Crippen molar-refractivity contribution in [3.8, 4) is 0 Å². The highest BCUT2D eigenvalue weighted by Gasteiger charge is 2.36. The van der Waals surface area contributed by atoms with Crippen molar-refractivity contribution < 1.29 is 13.9 Å². The molecule has 1 aromatic carbocycles. The maximum atomic E-state index is 12.9. The fourth-order valence-electron chi connectivity index (χ4n) is 3.28. The third-order valence-corrected chi connectivity index (χ3v) is 4.32. The summed E-state index contributed by atoms with van der Waals surface area (Å²) < 4.78 is 18.7. The second-order valence-corrected chi connectivity index (χ2v) is 5.65. The average molecular weight is 277 g/mol. The van der Waals surface area contributed by atoms with E-state index >= 15 is 0 Å². The molecule has 2 aliphatic rings. The van der Waals surface area contributed by atoms with Crippen molar-refractivity contribution in [1.82, 2.24) is 4.90 Å². The smallest absolute Gasteiger partial charge is 0.227 e. The van der Waals surface area contributed by atoms with Gasteiger partial charge < -0.3 is 9.64 Å². The van der Waals surface area contributed by atoms with E-state index in [0.717, 1.165) is 18.4 Å². The number of halogens is 1. The van der Waals surface area contributed by atoms with Crippen molar-refractivity contribution in [1.29, 1.82) is 0 Å². The molecule has 1 aromatic rings. The highest BCUT2D eigenvalue weighted by atomic mass is 19.1. The molecule has 2 fully saturated rings. The molecule has 1 aliphatic carbocycles. The number of hydrogen-bond acceptors (Lipinski definition) is 2. The van der Waals surface area contributed by atoms with Crippen LogP contribution in [0.25, 0.3) is 0 Å². The van der Waals surface area contributed by atoms with Crippen LogP contribution >= 0.6 is 0 Å². The summed E-state index contributed by atoms with van der Waals surface area (Å²) in [6.45, 7) is 1.32. The van der Waals surface area contributed by atoms with Crippen LogP contribution in [-0.2, 0) is 16.0 Å². The lowest BCUT2D eigenvalue weighted by Crippen LogP contribution is -2.55. The zero-order valence-electron chi connectivity index (χ0n) is 11.6. The van der Waals surface area contributed by atoms with Gasteiger partial charge in [0.2, 0.25) is 5.91 Å². The Morgan fingerprint density at radius 2 is 2.00 bits per heavy atom. The molecule has 1 amide bonds. The van der Waals surface area contributed by atoms with Gasteiger partial charge >= 0.3 is 0 Å². The number of benzene rings is 1. The van der Waals surface area contributed by atoms with E-state index in [0.29, 0.717) is 19.6 Å². The second-order valence-electron chi connectivity index (χ2n) is 5.65. The monoisotopic (exact) mass is 277 g/mol. The Balaban J connectivity index is 1.67. The Labute approximate surface area is 118 Å². The summed E-state index contributed by atoms with van der Waals surface area (Å²) in [5.74, 6) is -0.128. The lowest BCUT2D eigenvalue weighted by atomic mass is 9.90. The van der Waals surface area contributed by atoms with Crippen LogP contribution in [0.4, 0.5) is 4.39 Å². The van der Waals surface area contributed by atoms with Crippen molar-refractivity contribution in [2.75, 3.05) is 13.2 Å². The molecule has 0 spiro atoms. The molecule has 20 heavy (non-hydrogen) atoms. The molecule has 3 nitrogen and oxygen atoms in total. The first-order chi connectivity index (χ1) is 9.74. The lowest BCUT2D eigenvalue weighted by molar-refractivity contribution is -0.148. The Morgan fingerprint density at radius 1 is 1.25 bits per heavy atom. The van der Waals surface area contributed by atoms with Crippen molar-refractivity contribution in [3.63, 3.8) is 0 Å². The zero-order valence-corrected chi connectivity index (χ0v) is 11.6. The number of carbonyl (C=O) groups excluding carboxylic acids is 1. The third kappa shape index (κ3) is 2.85. The number of morpholine rings is 1. The van der Waals surface area contributed by atoms with E-state index in [1.807, 2.05) is 4.90 Å². The number of ether oxygens (including phenoxy) is 1. The van der Waals surface area contributed by atoms with Crippen molar-refractivity contribution in [2.45, 2.75) is 44.2 Å². The van der Waals surface area contributed by atoms with Gasteiger partial charge in [-0.3, -0.25) is 4.79 Å². The average Bonchev–Trinajstić information content (AvgIpc) is 2.49. The van der Waals surface area contributed by atoms with Gasteiger partial charge in [-0.25, -0.2) is 4.39 Å². The highest BCUT2D eigenvalue weighted by Crippen LogP contribution is 2.28. The van der Waals surface area contributed by atoms with E-state index < -0.39 is 0 Å². The minimum Gasteiger partial charge on any atom is -0.374 e. The van der Waals surface area contributed by atoms with E-state index in [2.05, 4.69) is 0 Å². The van der Waals surface area contributed by atoms with Crippen molar-refractivity contribution >= 4 is 5.91 Å². The molecule has 0 radical (unpaired) electrons. The molecular weight excluding hydrogens is 257 g/mol. The summed E-state index contributed by atoms with van der Waals surface area (Å²) in [4.78, 5) is 14.5. The Morgan fingerprint density at radius 3 is 2.80 bits per heavy atom. The van der Waals surface area contributed by atoms with Gasteiger partial charge in [-0.2, -0.15) is 0 Å². The quantitative estimate of drug-likeness (QED) is 0.831. The topological polar surface area (TPSA) is 29.5 Å². The normalized spacial score (nSPS) is 26.1. The summed E-state index contributed by atoms with van der Waals surface area (Å²) in [7, 11) is 0. The summed E-state index contributed by atoms with van der Waals surface area (Å²) >= 11 is 0. The Hall–Kier alpha value is -1.42. The van der Waals surface area contributed by atoms with Gasteiger partial charge in [-0.05, 0) is 30.5 Å². The summed E-state index contributed by atoms with van der Waals surface area (Å²) in [6.07, 6.45) is 5.04. The molecule has 4 heteroatoms. The van der Waals surface area contributed by atoms with Crippen LogP contribution in [0.3, 0.4) is 0 Å². The van der Waals surface area contributed by atoms with Crippen LogP contribution in [0.2, 0.25) is 0 Å². The predicted molar refractivity (Wildman–Crippen MR) is 73.8 cm³/mol. The van der Waals surface area contributed by atoms with Gasteiger partial charge in [0, 0.05) is 6.54 Å². The lowest BCUT2D eigenvalue weighted by Gasteiger charge is -2.43. The molecule has 0 N–H and O–H groups in total. The first-order valence-corrected chi connectivity index (χ1v) is 7.39. The van der Waals surface area contributed by atoms with E-state index in [-0.39, 0.29) is 23.9 Å². The molecule has 1 aliphatic heterocycles. The molecule has 108 valence electrons. The summed E-state index contributed by atoms with van der Waals surface area (Å²) in [5, 5.41) is 0. The second kappa shape index (κ2) is 5.92. The number of carbonyl (C=O) groups is 1. The fourth-order valence-corrected chi connectivity index (χ4v) is 3.28. The highest BCUT2D eigenvalue weighted by molar-refractivity contribution is 5.79. The third-order valence-electron chi connectivity index (χ3n) is 4.32. The van der Waals surface area contributed by atoms with Gasteiger partial charge in [-0.1, -0.05) is 25.0 Å². The van der Waals surface area contributed by atoms with Crippen molar-refractivity contribution in [3.05, 3.63) is 35.6 Å². The molecular formula is C16H20FNO2. The predicted octanol–water partition coefficient (Wildman–Crippen LogP) is 2.54. The molecule has 0 unspecified atom stereocenters. The Kier molecular flexibility index (Phi) is 4.01. The maximum absolute atomic E-state index is 12.9. The molecule has 1 saturated carbocycles. The number of fused-ring (bicyclic) bond motifs is 1. The minimum atomic E-state index is -0.264. The van der Waals surface area contributed by atoms with Crippen LogP contribution in [0.5, 0.6) is 0 Å². The molecule has 0 aromatic heterocycles. The summed E-state index contributed by atoms with van der Waals surface area (Å²) in [6, 6.07) is 6.43. The van der Waals surface area contributed by atoms with Crippen LogP contribution in [0.1, 0.15) is 31.2 Å². The largest absolute Gasteiger partial charge is 0.374 e. The maximum Gasteiger partial charge on any atom is 0.227 e. The van der Waals surface area contributed by atoms with Gasteiger partial charge in [0.15, 0.2) is 0 Å². The molecule has 1 heterocycles. The Bertz CT molecular complexity index is 472. The molecule has 3 rings (SSSR count). The van der Waals surface area contributed by atoms with Gasteiger partial charge in [0.05, 0.1) is 25.2 Å². The molecule has 2 atom stereocenters. The first kappa shape index (κ1) is 13.6. The summed E-state index contributed by atoms with van der Waals surface area (Å²) in [5.41, 5.74) is 0.871.